The second-order valence-electron chi connectivity index (χ2n) is 5.70. The smallest absolute Gasteiger partial charge is 0.348 e. The summed E-state index contributed by atoms with van der Waals surface area (Å²) < 4.78 is 13.3. The number of nitrogens with one attached hydrogen (secondary N) is 1. The van der Waals surface area contributed by atoms with E-state index >= 15 is 0 Å². The lowest BCUT2D eigenvalue weighted by Crippen LogP contribution is -2.45. The highest BCUT2D eigenvalue weighted by molar-refractivity contribution is 6.31. The van der Waals surface area contributed by atoms with Crippen LogP contribution >= 0.6 is 11.6 Å². The van der Waals surface area contributed by atoms with Gasteiger partial charge in [0.15, 0.2) is 0 Å². The molecule has 1 saturated heterocycles. The van der Waals surface area contributed by atoms with Crippen molar-refractivity contribution < 1.29 is 9.31 Å². The van der Waals surface area contributed by atoms with E-state index in [0.29, 0.717) is 18.8 Å². The van der Waals surface area contributed by atoms with Crippen LogP contribution in [0, 0.1) is 15.9 Å². The zero-order valence-electron chi connectivity index (χ0n) is 13.4. The average Bonchev–Trinajstić information content (AvgIpc) is 2.58. The van der Waals surface area contributed by atoms with E-state index in [1.54, 1.807) is 0 Å². The third-order valence-corrected chi connectivity index (χ3v) is 4.26. The highest BCUT2D eigenvalue weighted by atomic mass is 35.5. The van der Waals surface area contributed by atoms with Gasteiger partial charge >= 0.3 is 5.69 Å². The quantitative estimate of drug-likeness (QED) is 0.657. The Hall–Kier alpha value is -2.52. The molecule has 0 saturated carbocycles. The summed E-state index contributed by atoms with van der Waals surface area (Å²) in [5.41, 5.74) is 0.185. The van der Waals surface area contributed by atoms with Crippen LogP contribution in [0.3, 0.4) is 0 Å². The van der Waals surface area contributed by atoms with Crippen molar-refractivity contribution in [2.45, 2.75) is 0 Å². The molecule has 10 heteroatoms. The molecule has 0 atom stereocenters. The number of likely N-dealkylation sites (N-methyl/N-ethyl adjacent to an activating group) is 1. The van der Waals surface area contributed by atoms with E-state index in [2.05, 4.69) is 20.2 Å². The zero-order chi connectivity index (χ0) is 18.0. The number of piperazine rings is 1. The van der Waals surface area contributed by atoms with E-state index < -0.39 is 10.7 Å². The molecule has 25 heavy (non-hydrogen) atoms. The second kappa shape index (κ2) is 7.16. The summed E-state index contributed by atoms with van der Waals surface area (Å²) >= 11 is 5.75. The molecule has 0 spiro atoms. The van der Waals surface area contributed by atoms with E-state index in [0.717, 1.165) is 13.1 Å². The molecule has 1 aromatic carbocycles. The van der Waals surface area contributed by atoms with Crippen LogP contribution in [0.15, 0.2) is 24.5 Å². The molecular weight excluding hydrogens is 351 g/mol. The molecule has 3 rings (SSSR count). The third-order valence-electron chi connectivity index (χ3n) is 3.97. The highest BCUT2D eigenvalue weighted by Crippen LogP contribution is 2.34. The van der Waals surface area contributed by atoms with Crippen molar-refractivity contribution in [3.63, 3.8) is 0 Å². The first-order valence-electron chi connectivity index (χ1n) is 7.60. The molecule has 2 aromatic rings. The van der Waals surface area contributed by atoms with Gasteiger partial charge in [-0.2, -0.15) is 0 Å². The molecule has 0 radical (unpaired) electrons. The molecule has 0 unspecified atom stereocenters. The minimum atomic E-state index is -0.567. The number of hydrogen-bond acceptors (Lipinski definition) is 7. The van der Waals surface area contributed by atoms with Gasteiger partial charge in [0.25, 0.3) is 0 Å². The maximum Gasteiger partial charge on any atom is 0.353 e. The summed E-state index contributed by atoms with van der Waals surface area (Å²) in [5, 5.41) is 14.4. The monoisotopic (exact) mass is 366 g/mol. The topological polar surface area (TPSA) is 87.4 Å². The summed E-state index contributed by atoms with van der Waals surface area (Å²) in [4.78, 5) is 23.2. The first-order chi connectivity index (χ1) is 12.0. The Kier molecular flexibility index (Phi) is 4.95. The van der Waals surface area contributed by atoms with Gasteiger partial charge in [0.1, 0.15) is 12.1 Å². The number of rotatable bonds is 4. The molecule has 1 aromatic heterocycles. The summed E-state index contributed by atoms with van der Waals surface area (Å²) in [6.07, 6.45) is 1.27. The van der Waals surface area contributed by atoms with Crippen molar-refractivity contribution in [1.29, 1.82) is 0 Å². The first kappa shape index (κ1) is 17.3. The van der Waals surface area contributed by atoms with Crippen LogP contribution in [0.1, 0.15) is 0 Å². The highest BCUT2D eigenvalue weighted by Gasteiger charge is 2.28. The molecule has 1 aliphatic rings. The van der Waals surface area contributed by atoms with E-state index in [4.69, 9.17) is 11.6 Å². The van der Waals surface area contributed by atoms with Crippen LogP contribution < -0.4 is 10.2 Å². The molecule has 1 N–H and O–H groups in total. The van der Waals surface area contributed by atoms with Crippen molar-refractivity contribution in [2.75, 3.05) is 43.4 Å². The van der Waals surface area contributed by atoms with E-state index in [1.807, 2.05) is 11.9 Å². The fraction of sp³-hybridized carbons (Fsp3) is 0.333. The largest absolute Gasteiger partial charge is 0.353 e. The average molecular weight is 367 g/mol. The van der Waals surface area contributed by atoms with Crippen LogP contribution in [0.5, 0.6) is 0 Å². The predicted molar refractivity (Wildman–Crippen MR) is 93.1 cm³/mol. The van der Waals surface area contributed by atoms with Crippen molar-refractivity contribution in [1.82, 2.24) is 14.9 Å². The number of benzene rings is 1. The third kappa shape index (κ3) is 3.77. The zero-order valence-corrected chi connectivity index (χ0v) is 14.2. The molecule has 0 bridgehead atoms. The van der Waals surface area contributed by atoms with Gasteiger partial charge in [-0.3, -0.25) is 10.1 Å². The molecule has 0 aliphatic carbocycles. The lowest BCUT2D eigenvalue weighted by Gasteiger charge is -2.32. The molecule has 8 nitrogen and oxygen atoms in total. The SMILES string of the molecule is CN1CCN(c2ncnc(Nc3ccc(F)c(Cl)c3)c2[N+](=O)[O-])CC1. The Balaban J connectivity index is 1.95. The predicted octanol–water partition coefficient (Wildman–Crippen LogP) is 2.67. The number of nitrogens with zero attached hydrogens (tertiary/aromatic N) is 5. The molecular formula is C15H16ClFN6O2. The van der Waals surface area contributed by atoms with Crippen LogP contribution in [0.4, 0.5) is 27.4 Å². The Morgan fingerprint density at radius 3 is 2.64 bits per heavy atom. The van der Waals surface area contributed by atoms with Gasteiger partial charge in [0, 0.05) is 31.9 Å². The van der Waals surface area contributed by atoms with Crippen molar-refractivity contribution in [3.05, 3.63) is 45.5 Å². The van der Waals surface area contributed by atoms with Crippen LogP contribution in [-0.2, 0) is 0 Å². The second-order valence-corrected chi connectivity index (χ2v) is 6.10. The van der Waals surface area contributed by atoms with Crippen LogP contribution in [0.2, 0.25) is 5.02 Å². The summed E-state index contributed by atoms with van der Waals surface area (Å²) in [6.45, 7) is 2.85. The van der Waals surface area contributed by atoms with Crippen molar-refractivity contribution in [3.8, 4) is 0 Å². The standard InChI is InChI=1S/C15H16ClFN6O2/c1-21-4-6-22(7-5-21)15-13(23(24)25)14(18-9-19-15)20-10-2-3-12(17)11(16)8-10/h2-3,8-9H,4-7H2,1H3,(H,18,19,20). The summed E-state index contributed by atoms with van der Waals surface area (Å²) in [7, 11) is 2.00. The van der Waals surface area contributed by atoms with Gasteiger partial charge in [-0.15, -0.1) is 0 Å². The minimum Gasteiger partial charge on any atom is -0.348 e. The van der Waals surface area contributed by atoms with Crippen molar-refractivity contribution in [2.24, 2.45) is 0 Å². The van der Waals surface area contributed by atoms with E-state index in [-0.39, 0.29) is 22.3 Å². The number of halogens is 2. The number of nitro groups is 1. The van der Waals surface area contributed by atoms with Crippen LogP contribution in [-0.4, -0.2) is 53.0 Å². The summed E-state index contributed by atoms with van der Waals surface area (Å²) in [6, 6.07) is 3.96. The number of aromatic nitrogens is 2. The lowest BCUT2D eigenvalue weighted by atomic mass is 10.3. The number of anilines is 3. The molecule has 1 fully saturated rings. The van der Waals surface area contributed by atoms with E-state index in [1.165, 1.54) is 24.5 Å². The van der Waals surface area contributed by atoms with Gasteiger partial charge in [0.2, 0.25) is 11.6 Å². The maximum absolute atomic E-state index is 13.3. The van der Waals surface area contributed by atoms with Gasteiger partial charge < -0.3 is 15.1 Å². The number of hydrogen-bond donors (Lipinski definition) is 1. The normalized spacial score (nSPS) is 15.2. The van der Waals surface area contributed by atoms with Gasteiger partial charge in [-0.1, -0.05) is 11.6 Å². The molecule has 2 heterocycles. The Morgan fingerprint density at radius 1 is 1.28 bits per heavy atom. The van der Waals surface area contributed by atoms with Gasteiger partial charge in [-0.25, -0.2) is 14.4 Å². The van der Waals surface area contributed by atoms with E-state index in [9.17, 15) is 14.5 Å². The lowest BCUT2D eigenvalue weighted by molar-refractivity contribution is -0.383. The summed E-state index contributed by atoms with van der Waals surface area (Å²) in [5.74, 6) is -0.261. The Labute approximate surface area is 148 Å². The Morgan fingerprint density at radius 2 is 2.00 bits per heavy atom. The maximum atomic E-state index is 13.3. The van der Waals surface area contributed by atoms with Gasteiger partial charge in [-0.05, 0) is 25.2 Å². The minimum absolute atomic E-state index is 0.0385. The molecule has 0 amide bonds. The van der Waals surface area contributed by atoms with Crippen molar-refractivity contribution >= 4 is 34.6 Å². The fourth-order valence-electron chi connectivity index (χ4n) is 2.59. The Bertz CT molecular complexity index is 798. The molecule has 1 aliphatic heterocycles. The van der Waals surface area contributed by atoms with Gasteiger partial charge in [0.05, 0.1) is 9.95 Å². The fourth-order valence-corrected chi connectivity index (χ4v) is 2.77. The molecule has 132 valence electrons. The first-order valence-corrected chi connectivity index (χ1v) is 7.98. The van der Waals surface area contributed by atoms with Crippen LogP contribution in [0.25, 0.3) is 0 Å².